The number of hydrogen-bond donors (Lipinski definition) is 2. The molecule has 0 aliphatic heterocycles. The van der Waals surface area contributed by atoms with E-state index >= 15 is 0 Å². The minimum absolute atomic E-state index is 0.0708. The molecule has 0 fully saturated rings. The van der Waals surface area contributed by atoms with Gasteiger partial charge in [-0.2, -0.15) is 11.3 Å². The topological polar surface area (TPSA) is 61.0 Å². The van der Waals surface area contributed by atoms with Crippen molar-refractivity contribution in [3.8, 4) is 0 Å². The van der Waals surface area contributed by atoms with Crippen LogP contribution in [0.3, 0.4) is 0 Å². The fourth-order valence-electron chi connectivity index (χ4n) is 2.43. The Morgan fingerprint density at radius 2 is 2.27 bits per heavy atom. The van der Waals surface area contributed by atoms with E-state index in [2.05, 4.69) is 37.0 Å². The first-order chi connectivity index (χ1) is 10.6. The van der Waals surface area contributed by atoms with Crippen LogP contribution in [-0.4, -0.2) is 41.4 Å². The average Bonchev–Trinajstić information content (AvgIpc) is 3.17. The minimum atomic E-state index is -0.0708. The van der Waals surface area contributed by atoms with Gasteiger partial charge in [-0.25, -0.2) is 4.98 Å². The molecule has 22 heavy (non-hydrogen) atoms. The second-order valence-corrected chi connectivity index (χ2v) is 6.16. The molecule has 0 saturated heterocycles. The number of hydrogen-bond acceptors (Lipinski definition) is 4. The summed E-state index contributed by atoms with van der Waals surface area (Å²) in [7, 11) is 4.04. The third kappa shape index (κ3) is 3.03. The monoisotopic (exact) mass is 314 g/mol. The molecule has 0 saturated carbocycles. The lowest BCUT2D eigenvalue weighted by Gasteiger charge is -2.24. The highest BCUT2D eigenvalue weighted by molar-refractivity contribution is 7.07. The van der Waals surface area contributed by atoms with Gasteiger partial charge in [0.1, 0.15) is 0 Å². The average molecular weight is 314 g/mol. The Bertz CT molecular complexity index is 763. The van der Waals surface area contributed by atoms with Crippen molar-refractivity contribution in [2.24, 2.45) is 0 Å². The predicted octanol–water partition coefficient (Wildman–Crippen LogP) is 2.66. The van der Waals surface area contributed by atoms with Crippen LogP contribution in [0.5, 0.6) is 0 Å². The maximum atomic E-state index is 12.3. The molecule has 0 spiro atoms. The Hall–Kier alpha value is -2.18. The molecule has 114 valence electrons. The number of benzene rings is 1. The Morgan fingerprint density at radius 3 is 3.00 bits per heavy atom. The zero-order chi connectivity index (χ0) is 15.5. The van der Waals surface area contributed by atoms with Crippen molar-refractivity contribution in [2.75, 3.05) is 20.6 Å². The lowest BCUT2D eigenvalue weighted by Crippen LogP contribution is -2.34. The van der Waals surface area contributed by atoms with Crippen LogP contribution >= 0.6 is 11.3 Å². The summed E-state index contributed by atoms with van der Waals surface area (Å²) in [5.74, 6) is -0.0708. The highest BCUT2D eigenvalue weighted by Crippen LogP contribution is 2.20. The van der Waals surface area contributed by atoms with Crippen LogP contribution in [0.2, 0.25) is 0 Å². The van der Waals surface area contributed by atoms with Gasteiger partial charge in [0, 0.05) is 12.1 Å². The summed E-state index contributed by atoms with van der Waals surface area (Å²) in [6, 6.07) is 7.74. The molecule has 2 aromatic heterocycles. The number of rotatable bonds is 5. The lowest BCUT2D eigenvalue weighted by molar-refractivity contribution is 0.0942. The third-order valence-corrected chi connectivity index (χ3v) is 4.39. The second kappa shape index (κ2) is 6.29. The Balaban J connectivity index is 1.70. The molecule has 0 aliphatic carbocycles. The fourth-order valence-corrected chi connectivity index (χ4v) is 3.14. The van der Waals surface area contributed by atoms with Crippen molar-refractivity contribution in [2.45, 2.75) is 6.04 Å². The zero-order valence-corrected chi connectivity index (χ0v) is 13.4. The number of nitrogens with one attached hydrogen (secondary N) is 2. The summed E-state index contributed by atoms with van der Waals surface area (Å²) in [6.45, 7) is 0.573. The Kier molecular flexibility index (Phi) is 4.22. The van der Waals surface area contributed by atoms with E-state index in [9.17, 15) is 4.79 Å². The molecule has 6 heteroatoms. The van der Waals surface area contributed by atoms with E-state index in [0.29, 0.717) is 12.1 Å². The first-order valence-electron chi connectivity index (χ1n) is 7.05. The second-order valence-electron chi connectivity index (χ2n) is 5.38. The van der Waals surface area contributed by atoms with Gasteiger partial charge in [0.05, 0.1) is 23.4 Å². The molecule has 3 aromatic rings. The van der Waals surface area contributed by atoms with Crippen molar-refractivity contribution < 1.29 is 4.79 Å². The molecule has 0 bridgehead atoms. The summed E-state index contributed by atoms with van der Waals surface area (Å²) in [6.07, 6.45) is 1.63. The maximum absolute atomic E-state index is 12.3. The number of likely N-dealkylation sites (N-methyl/N-ethyl adjacent to an activating group) is 1. The van der Waals surface area contributed by atoms with Crippen molar-refractivity contribution >= 4 is 28.3 Å². The van der Waals surface area contributed by atoms with Gasteiger partial charge in [-0.15, -0.1) is 0 Å². The maximum Gasteiger partial charge on any atom is 0.251 e. The number of fused-ring (bicyclic) bond motifs is 1. The van der Waals surface area contributed by atoms with E-state index in [0.717, 1.165) is 11.0 Å². The number of carbonyl (C=O) groups is 1. The van der Waals surface area contributed by atoms with Crippen LogP contribution in [0.15, 0.2) is 41.4 Å². The van der Waals surface area contributed by atoms with Gasteiger partial charge in [-0.05, 0) is 54.7 Å². The van der Waals surface area contributed by atoms with Crippen LogP contribution < -0.4 is 5.32 Å². The molecule has 5 nitrogen and oxygen atoms in total. The largest absolute Gasteiger partial charge is 0.350 e. The van der Waals surface area contributed by atoms with Gasteiger partial charge in [-0.1, -0.05) is 0 Å². The number of carbonyl (C=O) groups excluding carboxylic acids is 1. The van der Waals surface area contributed by atoms with E-state index in [1.54, 1.807) is 23.7 Å². The number of thiophene rings is 1. The van der Waals surface area contributed by atoms with Gasteiger partial charge in [0.15, 0.2) is 0 Å². The minimum Gasteiger partial charge on any atom is -0.350 e. The number of aromatic amines is 1. The predicted molar refractivity (Wildman–Crippen MR) is 89.2 cm³/mol. The quantitative estimate of drug-likeness (QED) is 0.761. The van der Waals surface area contributed by atoms with E-state index in [1.165, 1.54) is 5.56 Å². The van der Waals surface area contributed by atoms with E-state index in [-0.39, 0.29) is 11.9 Å². The molecule has 0 aliphatic rings. The van der Waals surface area contributed by atoms with E-state index < -0.39 is 0 Å². The number of aromatic nitrogens is 2. The third-order valence-electron chi connectivity index (χ3n) is 3.69. The summed E-state index contributed by atoms with van der Waals surface area (Å²) in [5, 5.41) is 7.19. The van der Waals surface area contributed by atoms with Crippen molar-refractivity contribution in [3.05, 3.63) is 52.5 Å². The first-order valence-corrected chi connectivity index (χ1v) is 7.99. The molecular formula is C16H18N4OS. The molecule has 2 heterocycles. The van der Waals surface area contributed by atoms with Gasteiger partial charge < -0.3 is 15.2 Å². The molecule has 1 amide bonds. The van der Waals surface area contributed by atoms with Gasteiger partial charge in [0.2, 0.25) is 0 Å². The number of H-pyrrole nitrogens is 1. The summed E-state index contributed by atoms with van der Waals surface area (Å²) in [5.41, 5.74) is 3.59. The van der Waals surface area contributed by atoms with Crippen molar-refractivity contribution in [1.29, 1.82) is 0 Å². The van der Waals surface area contributed by atoms with Crippen LogP contribution in [0.1, 0.15) is 22.0 Å². The van der Waals surface area contributed by atoms with Crippen LogP contribution in [-0.2, 0) is 0 Å². The highest BCUT2D eigenvalue weighted by Gasteiger charge is 2.16. The molecular weight excluding hydrogens is 296 g/mol. The lowest BCUT2D eigenvalue weighted by atomic mass is 10.1. The van der Waals surface area contributed by atoms with Crippen LogP contribution in [0, 0.1) is 0 Å². The molecule has 0 radical (unpaired) electrons. The van der Waals surface area contributed by atoms with E-state index in [1.807, 2.05) is 26.2 Å². The van der Waals surface area contributed by atoms with Crippen LogP contribution in [0.4, 0.5) is 0 Å². The van der Waals surface area contributed by atoms with E-state index in [4.69, 9.17) is 0 Å². The molecule has 1 atom stereocenters. The Labute approximate surface area is 133 Å². The summed E-state index contributed by atoms with van der Waals surface area (Å²) >= 11 is 1.67. The fraction of sp³-hybridized carbons (Fsp3) is 0.250. The number of imidazole rings is 1. The molecule has 1 unspecified atom stereocenters. The standard InChI is InChI=1S/C16H18N4OS/c1-20(2)15(12-5-6-22-9-12)8-17-16(21)11-3-4-13-14(7-11)19-10-18-13/h3-7,9-10,15H,8H2,1-2H3,(H,17,21)(H,18,19). The summed E-state index contributed by atoms with van der Waals surface area (Å²) in [4.78, 5) is 21.6. The normalized spacial score (nSPS) is 12.7. The van der Waals surface area contributed by atoms with Gasteiger partial charge in [-0.3, -0.25) is 4.79 Å². The van der Waals surface area contributed by atoms with Crippen molar-refractivity contribution in [3.63, 3.8) is 0 Å². The molecule has 2 N–H and O–H groups in total. The van der Waals surface area contributed by atoms with Crippen LogP contribution in [0.25, 0.3) is 11.0 Å². The SMILES string of the molecule is CN(C)C(CNC(=O)c1ccc2nc[nH]c2c1)c1ccsc1. The zero-order valence-electron chi connectivity index (χ0n) is 12.5. The highest BCUT2D eigenvalue weighted by atomic mass is 32.1. The number of nitrogens with zero attached hydrogens (tertiary/aromatic N) is 2. The van der Waals surface area contributed by atoms with Gasteiger partial charge >= 0.3 is 0 Å². The van der Waals surface area contributed by atoms with Crippen molar-refractivity contribution in [1.82, 2.24) is 20.2 Å². The summed E-state index contributed by atoms with van der Waals surface area (Å²) < 4.78 is 0. The Morgan fingerprint density at radius 1 is 1.41 bits per heavy atom. The number of amides is 1. The molecule has 3 rings (SSSR count). The van der Waals surface area contributed by atoms with Gasteiger partial charge in [0.25, 0.3) is 5.91 Å². The smallest absolute Gasteiger partial charge is 0.251 e. The molecule has 1 aromatic carbocycles. The first kappa shape index (κ1) is 14.7.